The number of carbonyl (C=O) groups excluding carboxylic acids is 1. The molecule has 0 aliphatic heterocycles. The van der Waals surface area contributed by atoms with Gasteiger partial charge in [0, 0.05) is 6.08 Å². The van der Waals surface area contributed by atoms with E-state index >= 15 is 0 Å². The third-order valence-corrected chi connectivity index (χ3v) is 1.23. The maximum atomic E-state index is 10.4. The second-order valence-electron chi connectivity index (χ2n) is 1.66. The van der Waals surface area contributed by atoms with Crippen molar-refractivity contribution in [2.24, 2.45) is 0 Å². The van der Waals surface area contributed by atoms with Crippen molar-refractivity contribution in [1.82, 2.24) is 0 Å². The molecule has 0 radical (unpaired) electrons. The molecule has 2 nitrogen and oxygen atoms in total. The molecule has 0 aliphatic carbocycles. The van der Waals surface area contributed by atoms with Gasteiger partial charge in [-0.05, 0) is 6.92 Å². The quantitative estimate of drug-likeness (QED) is 0.379. The molecule has 0 heterocycles. The predicted molar refractivity (Wildman–Crippen MR) is 41.3 cm³/mol. The van der Waals surface area contributed by atoms with E-state index in [9.17, 15) is 4.79 Å². The zero-order valence-corrected chi connectivity index (χ0v) is 7.24. The van der Waals surface area contributed by atoms with Crippen molar-refractivity contribution < 1.29 is 9.53 Å². The molecule has 0 atom stereocenters. The van der Waals surface area contributed by atoms with Crippen LogP contribution in [0.15, 0.2) is 11.8 Å². The molecule has 0 saturated heterocycles. The van der Waals surface area contributed by atoms with E-state index in [0.29, 0.717) is 0 Å². The molecular formula is C6H8Cl2O2. The van der Waals surface area contributed by atoms with Crippen molar-refractivity contribution in [3.8, 4) is 0 Å². The second kappa shape index (κ2) is 4.58. The number of hydrogen-bond acceptors (Lipinski definition) is 2. The summed E-state index contributed by atoms with van der Waals surface area (Å²) >= 11 is 10.8. The van der Waals surface area contributed by atoms with Gasteiger partial charge in [0.1, 0.15) is 5.76 Å². The SMILES string of the molecule is CO/C(=C\C(C)=O)C(Cl)Cl. The van der Waals surface area contributed by atoms with Gasteiger partial charge in [-0.1, -0.05) is 23.2 Å². The Morgan fingerprint density at radius 2 is 2.10 bits per heavy atom. The van der Waals surface area contributed by atoms with Crippen LogP contribution in [-0.2, 0) is 9.53 Å². The fourth-order valence-corrected chi connectivity index (χ4v) is 0.716. The summed E-state index contributed by atoms with van der Waals surface area (Å²) in [6, 6.07) is 0. The van der Waals surface area contributed by atoms with Crippen molar-refractivity contribution >= 4 is 29.0 Å². The fourth-order valence-electron chi connectivity index (χ4n) is 0.411. The third kappa shape index (κ3) is 3.75. The Hall–Kier alpha value is -0.210. The Balaban J connectivity index is 4.18. The minimum absolute atomic E-state index is 0.136. The first kappa shape index (κ1) is 9.79. The molecule has 0 saturated carbocycles. The van der Waals surface area contributed by atoms with Gasteiger partial charge >= 0.3 is 0 Å². The summed E-state index contributed by atoms with van der Waals surface area (Å²) in [7, 11) is 1.41. The molecule has 0 amide bonds. The van der Waals surface area contributed by atoms with Crippen molar-refractivity contribution in [3.63, 3.8) is 0 Å². The monoisotopic (exact) mass is 182 g/mol. The van der Waals surface area contributed by atoms with E-state index < -0.39 is 4.84 Å². The normalized spacial score (nSPS) is 11.9. The average molecular weight is 183 g/mol. The summed E-state index contributed by atoms with van der Waals surface area (Å²) in [5, 5.41) is 0. The molecule has 0 aromatic carbocycles. The first-order valence-corrected chi connectivity index (χ1v) is 3.49. The lowest BCUT2D eigenvalue weighted by Gasteiger charge is -2.03. The number of allylic oxidation sites excluding steroid dienone is 2. The Kier molecular flexibility index (Phi) is 4.49. The van der Waals surface area contributed by atoms with Gasteiger partial charge in [-0.25, -0.2) is 0 Å². The summed E-state index contributed by atoms with van der Waals surface area (Å²) in [5.74, 6) is 0.138. The summed E-state index contributed by atoms with van der Waals surface area (Å²) in [6.07, 6.45) is 1.25. The largest absolute Gasteiger partial charge is 0.498 e. The van der Waals surface area contributed by atoms with Crippen LogP contribution in [0.2, 0.25) is 0 Å². The fraction of sp³-hybridized carbons (Fsp3) is 0.500. The van der Waals surface area contributed by atoms with Gasteiger partial charge < -0.3 is 4.74 Å². The summed E-state index contributed by atoms with van der Waals surface area (Å²) in [4.78, 5) is 9.67. The van der Waals surface area contributed by atoms with Crippen molar-refractivity contribution in [1.29, 1.82) is 0 Å². The molecule has 0 spiro atoms. The summed E-state index contributed by atoms with van der Waals surface area (Å²) in [6.45, 7) is 1.40. The number of methoxy groups -OCH3 is 1. The molecule has 58 valence electrons. The number of rotatable bonds is 3. The highest BCUT2D eigenvalue weighted by Gasteiger charge is 2.07. The standard InChI is InChI=1S/C6H8Cl2O2/c1-4(9)3-5(10-2)6(7)8/h3,6H,1-2H3/b5-3-. The van der Waals surface area contributed by atoms with Crippen LogP contribution in [0.25, 0.3) is 0 Å². The van der Waals surface area contributed by atoms with E-state index in [0.717, 1.165) is 0 Å². The van der Waals surface area contributed by atoms with Gasteiger partial charge in [-0.3, -0.25) is 4.79 Å². The molecule has 0 aromatic heterocycles. The summed E-state index contributed by atoms with van der Waals surface area (Å²) in [5.41, 5.74) is 0. The Morgan fingerprint density at radius 3 is 2.20 bits per heavy atom. The average Bonchev–Trinajstić information content (AvgIpc) is 1.81. The van der Waals surface area contributed by atoms with Crippen molar-refractivity contribution in [3.05, 3.63) is 11.8 Å². The van der Waals surface area contributed by atoms with Gasteiger partial charge in [-0.15, -0.1) is 0 Å². The number of halogens is 2. The molecule has 0 rings (SSSR count). The van der Waals surface area contributed by atoms with Crippen LogP contribution < -0.4 is 0 Å². The minimum Gasteiger partial charge on any atom is -0.498 e. The topological polar surface area (TPSA) is 26.3 Å². The van der Waals surface area contributed by atoms with Gasteiger partial charge in [0.2, 0.25) is 0 Å². The van der Waals surface area contributed by atoms with E-state index in [-0.39, 0.29) is 11.5 Å². The van der Waals surface area contributed by atoms with Gasteiger partial charge in [0.25, 0.3) is 0 Å². The maximum Gasteiger partial charge on any atom is 0.164 e. The number of alkyl halides is 2. The van der Waals surface area contributed by atoms with E-state index in [2.05, 4.69) is 0 Å². The first-order valence-electron chi connectivity index (χ1n) is 2.62. The summed E-state index contributed by atoms with van der Waals surface area (Å²) < 4.78 is 4.70. The molecule has 0 fully saturated rings. The van der Waals surface area contributed by atoms with Gasteiger partial charge in [0.15, 0.2) is 10.6 Å². The molecular weight excluding hydrogens is 175 g/mol. The van der Waals surface area contributed by atoms with Crippen LogP contribution in [0.4, 0.5) is 0 Å². The van der Waals surface area contributed by atoms with Gasteiger partial charge in [0.05, 0.1) is 7.11 Å². The molecule has 0 aliphatic rings. The molecule has 0 N–H and O–H groups in total. The zero-order chi connectivity index (χ0) is 8.15. The molecule has 10 heavy (non-hydrogen) atoms. The Morgan fingerprint density at radius 1 is 1.60 bits per heavy atom. The smallest absolute Gasteiger partial charge is 0.164 e. The molecule has 4 heteroatoms. The lowest BCUT2D eigenvalue weighted by molar-refractivity contribution is -0.112. The Labute approximate surface area is 69.8 Å². The second-order valence-corrected chi connectivity index (χ2v) is 2.76. The van der Waals surface area contributed by atoms with E-state index in [1.165, 1.54) is 20.1 Å². The predicted octanol–water partition coefficient (Wildman–Crippen LogP) is 1.91. The van der Waals surface area contributed by atoms with E-state index in [4.69, 9.17) is 27.9 Å². The van der Waals surface area contributed by atoms with Crippen LogP contribution in [0.3, 0.4) is 0 Å². The Bertz CT molecular complexity index is 152. The molecule has 0 aromatic rings. The van der Waals surface area contributed by atoms with E-state index in [1.807, 2.05) is 0 Å². The van der Waals surface area contributed by atoms with Crippen LogP contribution in [0.5, 0.6) is 0 Å². The zero-order valence-electron chi connectivity index (χ0n) is 5.73. The van der Waals surface area contributed by atoms with Crippen LogP contribution >= 0.6 is 23.2 Å². The minimum atomic E-state index is -0.770. The lowest BCUT2D eigenvalue weighted by Crippen LogP contribution is -1.99. The number of ketones is 1. The number of carbonyl (C=O) groups is 1. The first-order chi connectivity index (χ1) is 4.57. The molecule has 0 bridgehead atoms. The van der Waals surface area contributed by atoms with E-state index in [1.54, 1.807) is 0 Å². The highest BCUT2D eigenvalue weighted by Crippen LogP contribution is 2.14. The third-order valence-electron chi connectivity index (χ3n) is 0.796. The van der Waals surface area contributed by atoms with Crippen molar-refractivity contribution in [2.75, 3.05) is 7.11 Å². The lowest BCUT2D eigenvalue weighted by atomic mass is 10.4. The number of hydrogen-bond donors (Lipinski definition) is 0. The van der Waals surface area contributed by atoms with Crippen LogP contribution in [0.1, 0.15) is 6.92 Å². The number of ether oxygens (including phenoxy) is 1. The maximum absolute atomic E-state index is 10.4. The highest BCUT2D eigenvalue weighted by molar-refractivity contribution is 6.46. The van der Waals surface area contributed by atoms with Gasteiger partial charge in [-0.2, -0.15) is 0 Å². The van der Waals surface area contributed by atoms with Crippen LogP contribution in [-0.4, -0.2) is 17.7 Å². The van der Waals surface area contributed by atoms with Crippen LogP contribution in [0, 0.1) is 0 Å². The highest BCUT2D eigenvalue weighted by atomic mass is 35.5. The van der Waals surface area contributed by atoms with Crippen molar-refractivity contribution in [2.45, 2.75) is 11.8 Å². The molecule has 0 unspecified atom stereocenters.